The van der Waals surface area contributed by atoms with E-state index in [0.29, 0.717) is 40.4 Å². The summed E-state index contributed by atoms with van der Waals surface area (Å²) in [4.78, 5) is 24.7. The Labute approximate surface area is 172 Å². The zero-order valence-electron chi connectivity index (χ0n) is 16.6. The quantitative estimate of drug-likeness (QED) is 0.338. The van der Waals surface area contributed by atoms with Crippen LogP contribution in [0.2, 0.25) is 0 Å². The molecule has 0 bridgehead atoms. The smallest absolute Gasteiger partial charge is 0.204 e. The molecule has 0 atom stereocenters. The van der Waals surface area contributed by atoms with Gasteiger partial charge in [-0.05, 0) is 17.7 Å². The van der Waals surface area contributed by atoms with Crippen molar-refractivity contribution in [3.05, 3.63) is 75.9 Å². The molecule has 30 heavy (non-hydrogen) atoms. The number of aldehydes is 1. The van der Waals surface area contributed by atoms with Crippen LogP contribution in [0.15, 0.2) is 63.8 Å². The van der Waals surface area contributed by atoms with E-state index in [0.717, 1.165) is 11.8 Å². The van der Waals surface area contributed by atoms with E-state index in [9.17, 15) is 9.59 Å². The number of carbonyl (C=O) groups is 1. The molecule has 0 fully saturated rings. The predicted molar refractivity (Wildman–Crippen MR) is 114 cm³/mol. The fourth-order valence-electron chi connectivity index (χ4n) is 3.48. The minimum atomic E-state index is -0.260. The summed E-state index contributed by atoms with van der Waals surface area (Å²) in [5, 5.41) is 0.636. The van der Waals surface area contributed by atoms with Gasteiger partial charge in [-0.2, -0.15) is 0 Å². The van der Waals surface area contributed by atoms with Crippen LogP contribution in [0.1, 0.15) is 11.1 Å². The van der Waals surface area contributed by atoms with E-state index in [1.807, 2.05) is 30.3 Å². The van der Waals surface area contributed by atoms with Crippen molar-refractivity contribution >= 4 is 28.2 Å². The molecule has 4 rings (SSSR count). The summed E-state index contributed by atoms with van der Waals surface area (Å²) in [6, 6.07) is 16.4. The number of para-hydroxylation sites is 1. The number of carbonyl (C=O) groups excluding carboxylic acids is 1. The lowest BCUT2D eigenvalue weighted by Crippen LogP contribution is -2.08. The van der Waals surface area contributed by atoms with Crippen molar-refractivity contribution in [3.63, 3.8) is 0 Å². The largest absolute Gasteiger partial charge is 0.496 e. The summed E-state index contributed by atoms with van der Waals surface area (Å²) in [7, 11) is 2.98. The van der Waals surface area contributed by atoms with E-state index in [4.69, 9.17) is 18.6 Å². The van der Waals surface area contributed by atoms with E-state index in [2.05, 4.69) is 0 Å². The average molecular weight is 404 g/mol. The number of ether oxygens (including phenoxy) is 3. The normalized spacial score (nSPS) is 10.9. The average Bonchev–Trinajstić information content (AvgIpc) is 2.79. The highest BCUT2D eigenvalue weighted by Crippen LogP contribution is 2.38. The molecule has 0 saturated carbocycles. The van der Waals surface area contributed by atoms with E-state index in [1.165, 1.54) is 14.2 Å². The lowest BCUT2D eigenvalue weighted by atomic mass is 10.0. The highest BCUT2D eigenvalue weighted by molar-refractivity contribution is 5.98. The van der Waals surface area contributed by atoms with Gasteiger partial charge in [0.05, 0.1) is 19.6 Å². The first-order valence-corrected chi connectivity index (χ1v) is 9.41. The van der Waals surface area contributed by atoms with Crippen LogP contribution in [-0.4, -0.2) is 20.5 Å². The van der Waals surface area contributed by atoms with Crippen LogP contribution >= 0.6 is 0 Å². The maximum atomic E-state index is 13.3. The Morgan fingerprint density at radius 3 is 2.37 bits per heavy atom. The molecular formula is C24H20O6. The maximum absolute atomic E-state index is 13.3. The Balaban J connectivity index is 1.98. The van der Waals surface area contributed by atoms with Gasteiger partial charge in [-0.3, -0.25) is 4.79 Å². The summed E-state index contributed by atoms with van der Waals surface area (Å²) in [6.07, 6.45) is 0.775. The van der Waals surface area contributed by atoms with Gasteiger partial charge in [-0.15, -0.1) is 0 Å². The van der Waals surface area contributed by atoms with Crippen LogP contribution in [0.4, 0.5) is 0 Å². The first-order chi connectivity index (χ1) is 14.7. The Bertz CT molecular complexity index is 1270. The Morgan fingerprint density at radius 1 is 0.900 bits per heavy atom. The molecule has 0 N–H and O–H groups in total. The van der Waals surface area contributed by atoms with E-state index in [1.54, 1.807) is 24.3 Å². The third-order valence-electron chi connectivity index (χ3n) is 4.93. The SMILES string of the molecule is COc1cccc2c(=O)c3c(OC)cc(OCc4ccccc4)c(CC=O)c3oc12. The van der Waals surface area contributed by atoms with Gasteiger partial charge < -0.3 is 23.4 Å². The van der Waals surface area contributed by atoms with E-state index in [-0.39, 0.29) is 22.8 Å². The van der Waals surface area contributed by atoms with Crippen LogP contribution in [0, 0.1) is 0 Å². The maximum Gasteiger partial charge on any atom is 0.204 e. The van der Waals surface area contributed by atoms with Gasteiger partial charge in [-0.1, -0.05) is 36.4 Å². The summed E-state index contributed by atoms with van der Waals surface area (Å²) in [5.74, 6) is 1.17. The molecule has 152 valence electrons. The van der Waals surface area contributed by atoms with Gasteiger partial charge in [0.15, 0.2) is 11.3 Å². The zero-order valence-corrected chi connectivity index (χ0v) is 16.6. The van der Waals surface area contributed by atoms with Gasteiger partial charge in [0, 0.05) is 18.1 Å². The monoisotopic (exact) mass is 404 g/mol. The zero-order chi connectivity index (χ0) is 21.1. The molecule has 6 nitrogen and oxygen atoms in total. The molecule has 1 heterocycles. The van der Waals surface area contributed by atoms with Gasteiger partial charge in [0.25, 0.3) is 0 Å². The number of rotatable bonds is 7. The van der Waals surface area contributed by atoms with Gasteiger partial charge in [0.2, 0.25) is 5.43 Å². The first-order valence-electron chi connectivity index (χ1n) is 9.41. The third-order valence-corrected chi connectivity index (χ3v) is 4.93. The van der Waals surface area contributed by atoms with Crippen molar-refractivity contribution in [2.45, 2.75) is 13.0 Å². The number of fused-ring (bicyclic) bond motifs is 2. The van der Waals surface area contributed by atoms with Crippen molar-refractivity contribution < 1.29 is 23.4 Å². The molecule has 0 spiro atoms. The van der Waals surface area contributed by atoms with Gasteiger partial charge in [0.1, 0.15) is 35.4 Å². The second-order valence-corrected chi connectivity index (χ2v) is 6.67. The van der Waals surface area contributed by atoms with Gasteiger partial charge >= 0.3 is 0 Å². The molecular weight excluding hydrogens is 384 g/mol. The Hall–Kier alpha value is -3.80. The molecule has 6 heteroatoms. The molecule has 0 saturated heterocycles. The number of hydrogen-bond donors (Lipinski definition) is 0. The fraction of sp³-hybridized carbons (Fsp3) is 0.167. The number of benzene rings is 3. The van der Waals surface area contributed by atoms with E-state index < -0.39 is 0 Å². The van der Waals surface area contributed by atoms with Crippen LogP contribution in [0.3, 0.4) is 0 Å². The fourth-order valence-corrected chi connectivity index (χ4v) is 3.48. The number of methoxy groups -OCH3 is 2. The van der Waals surface area contributed by atoms with Crippen LogP contribution in [0.25, 0.3) is 21.9 Å². The van der Waals surface area contributed by atoms with Crippen LogP contribution < -0.4 is 19.6 Å². The lowest BCUT2D eigenvalue weighted by molar-refractivity contribution is -0.107. The van der Waals surface area contributed by atoms with Crippen molar-refractivity contribution in [2.75, 3.05) is 14.2 Å². The summed E-state index contributed by atoms with van der Waals surface area (Å²) >= 11 is 0. The van der Waals surface area contributed by atoms with Crippen molar-refractivity contribution in [2.24, 2.45) is 0 Å². The summed E-state index contributed by atoms with van der Waals surface area (Å²) < 4.78 is 23.0. The summed E-state index contributed by atoms with van der Waals surface area (Å²) in [5.41, 5.74) is 1.76. The highest BCUT2D eigenvalue weighted by atomic mass is 16.5. The van der Waals surface area contributed by atoms with Crippen LogP contribution in [-0.2, 0) is 17.8 Å². The minimum absolute atomic E-state index is 0.0220. The molecule has 0 aliphatic rings. The molecule has 0 aliphatic carbocycles. The van der Waals surface area contributed by atoms with Crippen molar-refractivity contribution in [1.82, 2.24) is 0 Å². The number of hydrogen-bond acceptors (Lipinski definition) is 6. The molecule has 1 aromatic heterocycles. The van der Waals surface area contributed by atoms with E-state index >= 15 is 0 Å². The Kier molecular flexibility index (Phi) is 5.39. The molecule has 3 aromatic carbocycles. The first kappa shape index (κ1) is 19.5. The molecule has 0 aliphatic heterocycles. The Morgan fingerprint density at radius 2 is 1.67 bits per heavy atom. The minimum Gasteiger partial charge on any atom is -0.496 e. The third kappa shape index (κ3) is 3.37. The van der Waals surface area contributed by atoms with Crippen molar-refractivity contribution in [3.8, 4) is 17.2 Å². The topological polar surface area (TPSA) is 75.0 Å². The lowest BCUT2D eigenvalue weighted by Gasteiger charge is -2.16. The van der Waals surface area contributed by atoms with Crippen LogP contribution in [0.5, 0.6) is 17.2 Å². The molecule has 0 unspecified atom stereocenters. The molecule has 0 radical (unpaired) electrons. The summed E-state index contributed by atoms with van der Waals surface area (Å²) in [6.45, 7) is 0.294. The highest BCUT2D eigenvalue weighted by Gasteiger charge is 2.21. The van der Waals surface area contributed by atoms with Crippen molar-refractivity contribution in [1.29, 1.82) is 0 Å². The molecule has 0 amide bonds. The standard InChI is InChI=1S/C24H20O6/c1-27-18-10-6-9-17-22(26)21-20(28-2)13-19(29-14-15-7-4-3-5-8-15)16(11-12-25)24(21)30-23(17)18/h3-10,12-13H,11,14H2,1-2H3. The second kappa shape index (κ2) is 8.29. The van der Waals surface area contributed by atoms with Gasteiger partial charge in [-0.25, -0.2) is 0 Å². The predicted octanol–water partition coefficient (Wildman–Crippen LogP) is 4.28. The second-order valence-electron chi connectivity index (χ2n) is 6.67. The molecule has 4 aromatic rings.